The first-order chi connectivity index (χ1) is 12.5. The van der Waals surface area contributed by atoms with E-state index in [1.165, 1.54) is 12.3 Å². The predicted octanol–water partition coefficient (Wildman–Crippen LogP) is 4.85. The minimum atomic E-state index is -4.97. The van der Waals surface area contributed by atoms with Gasteiger partial charge in [0.15, 0.2) is 5.75 Å². The number of carbonyl (C=O) groups excluding carboxylic acids is 1. The number of hydrogen-bond acceptors (Lipinski definition) is 4. The Morgan fingerprint density at radius 3 is 2.37 bits per heavy atom. The normalized spacial score (nSPS) is 12.4. The molecule has 0 spiro atoms. The summed E-state index contributed by atoms with van der Waals surface area (Å²) in [6.45, 7) is 0. The van der Waals surface area contributed by atoms with Gasteiger partial charge in [-0.1, -0.05) is 23.2 Å². The molecule has 2 aromatic carbocycles. The van der Waals surface area contributed by atoms with Gasteiger partial charge in [0.25, 0.3) is 5.91 Å². The molecular weight excluding hydrogens is 437 g/mol. The van der Waals surface area contributed by atoms with Gasteiger partial charge in [-0.25, -0.2) is 8.60 Å². The van der Waals surface area contributed by atoms with Crippen molar-refractivity contribution in [2.24, 2.45) is 0 Å². The lowest BCUT2D eigenvalue weighted by Crippen LogP contribution is -2.25. The smallest absolute Gasteiger partial charge is 0.456 e. The van der Waals surface area contributed by atoms with Gasteiger partial charge in [-0.3, -0.25) is 9.52 Å². The molecule has 0 aliphatic carbocycles. The summed E-state index contributed by atoms with van der Waals surface area (Å²) in [4.78, 5) is 11.7. The molecule has 5 nitrogen and oxygen atoms in total. The fourth-order valence-corrected chi connectivity index (χ4v) is 2.57. The highest BCUT2D eigenvalue weighted by molar-refractivity contribution is 7.82. The monoisotopic (exact) mass is 445 g/mol. The maximum atomic E-state index is 14.1. The molecule has 2 rings (SSSR count). The second kappa shape index (κ2) is 8.32. The van der Waals surface area contributed by atoms with E-state index in [4.69, 9.17) is 27.9 Å². The van der Waals surface area contributed by atoms with Crippen molar-refractivity contribution in [3.63, 3.8) is 0 Å². The van der Waals surface area contributed by atoms with Crippen LogP contribution in [-0.4, -0.2) is 22.7 Å². The highest BCUT2D eigenvalue weighted by atomic mass is 35.5. The molecule has 0 aromatic heterocycles. The zero-order valence-electron chi connectivity index (χ0n) is 13.2. The molecule has 0 saturated heterocycles. The van der Waals surface area contributed by atoms with Gasteiger partial charge < -0.3 is 9.47 Å². The van der Waals surface area contributed by atoms with Gasteiger partial charge in [-0.2, -0.15) is 0 Å². The van der Waals surface area contributed by atoms with E-state index in [-0.39, 0.29) is 21.5 Å². The molecule has 0 bridgehead atoms. The lowest BCUT2D eigenvalue weighted by molar-refractivity contribution is -0.274. The van der Waals surface area contributed by atoms with Crippen LogP contribution in [0.3, 0.4) is 0 Å². The van der Waals surface area contributed by atoms with Gasteiger partial charge in [0, 0.05) is 18.4 Å². The predicted molar refractivity (Wildman–Crippen MR) is 91.2 cm³/mol. The molecule has 0 aliphatic heterocycles. The highest BCUT2D eigenvalue weighted by Gasteiger charge is 2.32. The summed E-state index contributed by atoms with van der Waals surface area (Å²) in [6.07, 6.45) is -3.80. The van der Waals surface area contributed by atoms with Crippen LogP contribution in [0.1, 0.15) is 10.4 Å². The first kappa shape index (κ1) is 21.3. The van der Waals surface area contributed by atoms with Gasteiger partial charge in [-0.05, 0) is 18.2 Å². The fraction of sp³-hybridized carbons (Fsp3) is 0.133. The molecule has 146 valence electrons. The standard InChI is InChI=1S/C15H9Cl2F4NO4S/c1-27(24)22-14(23)8-5-10(17)12(6-11(8)18)25-7-2-3-9(16)13(4-7)26-15(19,20)21/h2-6H,1H3,(H,22,23). The van der Waals surface area contributed by atoms with Crippen molar-refractivity contribution in [2.75, 3.05) is 6.26 Å². The molecule has 0 fully saturated rings. The summed E-state index contributed by atoms with van der Waals surface area (Å²) in [5.41, 5.74) is -0.486. The number of halogens is 6. The number of benzene rings is 2. The summed E-state index contributed by atoms with van der Waals surface area (Å²) < 4.78 is 73.1. The van der Waals surface area contributed by atoms with Crippen LogP contribution < -0.4 is 14.2 Å². The molecule has 2 aromatic rings. The second-order valence-electron chi connectivity index (χ2n) is 4.89. The van der Waals surface area contributed by atoms with E-state index in [1.807, 2.05) is 4.72 Å². The number of ether oxygens (including phenoxy) is 2. The van der Waals surface area contributed by atoms with Gasteiger partial charge in [0.2, 0.25) is 0 Å². The van der Waals surface area contributed by atoms with E-state index in [1.54, 1.807) is 0 Å². The van der Waals surface area contributed by atoms with Gasteiger partial charge >= 0.3 is 6.36 Å². The molecule has 0 aliphatic rings. The SMILES string of the molecule is CS(=O)NC(=O)c1cc(Cl)c(Oc2ccc(Cl)c(OC(F)(F)F)c2)cc1F. The van der Waals surface area contributed by atoms with Crippen LogP contribution in [0.2, 0.25) is 10.0 Å². The van der Waals surface area contributed by atoms with E-state index in [9.17, 15) is 26.6 Å². The van der Waals surface area contributed by atoms with Crippen LogP contribution in [0, 0.1) is 5.82 Å². The summed E-state index contributed by atoms with van der Waals surface area (Å²) in [6, 6.07) is 4.82. The third-order valence-corrected chi connectivity index (χ3v) is 3.94. The Morgan fingerprint density at radius 2 is 1.78 bits per heavy atom. The largest absolute Gasteiger partial charge is 0.573 e. The summed E-state index contributed by atoms with van der Waals surface area (Å²) in [7, 11) is -1.72. The van der Waals surface area contributed by atoms with Crippen molar-refractivity contribution in [1.29, 1.82) is 0 Å². The Morgan fingerprint density at radius 1 is 1.11 bits per heavy atom. The van der Waals surface area contributed by atoms with Gasteiger partial charge in [-0.15, -0.1) is 13.2 Å². The van der Waals surface area contributed by atoms with Crippen molar-refractivity contribution < 1.29 is 36.0 Å². The van der Waals surface area contributed by atoms with E-state index < -0.39 is 40.4 Å². The van der Waals surface area contributed by atoms with E-state index in [0.717, 1.165) is 24.3 Å². The Balaban J connectivity index is 2.30. The van der Waals surface area contributed by atoms with Crippen molar-refractivity contribution in [2.45, 2.75) is 6.36 Å². The quantitative estimate of drug-likeness (QED) is 0.668. The Bertz CT molecular complexity index is 908. The van der Waals surface area contributed by atoms with E-state index in [2.05, 4.69) is 4.74 Å². The van der Waals surface area contributed by atoms with Crippen LogP contribution in [0.15, 0.2) is 30.3 Å². The van der Waals surface area contributed by atoms with Crippen molar-refractivity contribution in [3.05, 3.63) is 51.8 Å². The zero-order chi connectivity index (χ0) is 20.4. The average molecular weight is 446 g/mol. The van der Waals surface area contributed by atoms with Crippen LogP contribution >= 0.6 is 23.2 Å². The van der Waals surface area contributed by atoms with Crippen LogP contribution in [0.4, 0.5) is 17.6 Å². The van der Waals surface area contributed by atoms with Gasteiger partial charge in [0.1, 0.15) is 28.3 Å². The first-order valence-electron chi connectivity index (χ1n) is 6.83. The van der Waals surface area contributed by atoms with Gasteiger partial charge in [0.05, 0.1) is 15.6 Å². The molecule has 1 N–H and O–H groups in total. The fourth-order valence-electron chi connectivity index (χ4n) is 1.84. The lowest BCUT2D eigenvalue weighted by atomic mass is 10.2. The highest BCUT2D eigenvalue weighted by Crippen LogP contribution is 2.37. The molecule has 1 unspecified atom stereocenters. The number of nitrogens with one attached hydrogen (secondary N) is 1. The van der Waals surface area contributed by atoms with Crippen molar-refractivity contribution in [3.8, 4) is 17.2 Å². The molecule has 0 heterocycles. The number of amides is 1. The molecule has 1 atom stereocenters. The molecule has 12 heteroatoms. The Labute approximate surface area is 162 Å². The Hall–Kier alpha value is -2.04. The third kappa shape index (κ3) is 5.98. The molecule has 0 radical (unpaired) electrons. The zero-order valence-corrected chi connectivity index (χ0v) is 15.5. The molecule has 0 saturated carbocycles. The number of hydrogen-bond donors (Lipinski definition) is 1. The minimum Gasteiger partial charge on any atom is -0.456 e. The molecular formula is C15H9Cl2F4NO4S. The minimum absolute atomic E-state index is 0.174. The third-order valence-electron chi connectivity index (χ3n) is 2.86. The van der Waals surface area contributed by atoms with E-state index >= 15 is 0 Å². The van der Waals surface area contributed by atoms with Crippen LogP contribution in [0.5, 0.6) is 17.2 Å². The lowest BCUT2D eigenvalue weighted by Gasteiger charge is -2.13. The maximum Gasteiger partial charge on any atom is 0.573 e. The summed E-state index contributed by atoms with van der Waals surface area (Å²) in [5, 5.41) is -0.534. The van der Waals surface area contributed by atoms with Crippen molar-refractivity contribution in [1.82, 2.24) is 4.72 Å². The van der Waals surface area contributed by atoms with Crippen LogP contribution in [0.25, 0.3) is 0 Å². The molecule has 27 heavy (non-hydrogen) atoms. The summed E-state index contributed by atoms with van der Waals surface area (Å²) in [5.74, 6) is -3.18. The second-order valence-corrected chi connectivity index (χ2v) is 6.82. The maximum absolute atomic E-state index is 14.1. The number of alkyl halides is 3. The number of carbonyl (C=O) groups is 1. The Kier molecular flexibility index (Phi) is 6.55. The van der Waals surface area contributed by atoms with Crippen LogP contribution in [-0.2, 0) is 11.0 Å². The van der Waals surface area contributed by atoms with Crippen molar-refractivity contribution >= 4 is 40.1 Å². The van der Waals surface area contributed by atoms with E-state index in [0.29, 0.717) is 0 Å². The topological polar surface area (TPSA) is 64.6 Å². The summed E-state index contributed by atoms with van der Waals surface area (Å²) >= 11 is 11.5. The molecule has 1 amide bonds. The number of rotatable bonds is 5. The average Bonchev–Trinajstić information content (AvgIpc) is 2.51. The first-order valence-corrected chi connectivity index (χ1v) is 9.14.